The van der Waals surface area contributed by atoms with Gasteiger partial charge in [0, 0.05) is 0 Å². The number of β-lactam (4-membered cyclic amide) rings is 1. The second kappa shape index (κ2) is 5.87. The Labute approximate surface area is 113 Å². The molecule has 4 nitrogen and oxygen atoms in total. The first-order chi connectivity index (χ1) is 9.19. The Hall–Kier alpha value is -1.84. The molecule has 2 atom stereocenters. The Morgan fingerprint density at radius 3 is 2.58 bits per heavy atom. The lowest BCUT2D eigenvalue weighted by molar-refractivity contribution is -0.169. The summed E-state index contributed by atoms with van der Waals surface area (Å²) in [4.78, 5) is 25.3. The van der Waals surface area contributed by atoms with Gasteiger partial charge in [0.15, 0.2) is 0 Å². The molecule has 0 aliphatic carbocycles. The first kappa shape index (κ1) is 13.6. The van der Waals surface area contributed by atoms with Gasteiger partial charge in [-0.25, -0.2) is 4.79 Å². The summed E-state index contributed by atoms with van der Waals surface area (Å²) in [5.41, 5.74) is 1.06. The molecule has 0 saturated carbocycles. The van der Waals surface area contributed by atoms with Crippen LogP contribution in [0, 0.1) is 0 Å². The van der Waals surface area contributed by atoms with E-state index in [-0.39, 0.29) is 24.3 Å². The molecular formula is C15H19NO3. The number of esters is 1. The minimum absolute atomic E-state index is 0.0220. The predicted octanol–water partition coefficient (Wildman–Crippen LogP) is 2.30. The fourth-order valence-electron chi connectivity index (χ4n) is 2.53. The molecule has 1 fully saturated rings. The normalized spacial score (nSPS) is 19.8. The van der Waals surface area contributed by atoms with Gasteiger partial charge in [-0.15, -0.1) is 0 Å². The van der Waals surface area contributed by atoms with Gasteiger partial charge in [-0.2, -0.15) is 0 Å². The Balaban J connectivity index is 2.17. The lowest BCUT2D eigenvalue weighted by Crippen LogP contribution is -2.58. The van der Waals surface area contributed by atoms with Crippen LogP contribution in [0.1, 0.15) is 38.3 Å². The number of amides is 1. The monoisotopic (exact) mass is 261 g/mol. The second-order valence-corrected chi connectivity index (χ2v) is 4.61. The summed E-state index contributed by atoms with van der Waals surface area (Å²) in [6.45, 7) is 4.14. The molecule has 1 saturated heterocycles. The topological polar surface area (TPSA) is 46.6 Å². The number of hydrogen-bond acceptors (Lipinski definition) is 3. The van der Waals surface area contributed by atoms with Gasteiger partial charge in [-0.3, -0.25) is 4.79 Å². The summed E-state index contributed by atoms with van der Waals surface area (Å²) in [5.74, 6) is -0.273. The van der Waals surface area contributed by atoms with Gasteiger partial charge < -0.3 is 9.64 Å². The van der Waals surface area contributed by atoms with Crippen LogP contribution >= 0.6 is 0 Å². The fraction of sp³-hybridized carbons (Fsp3) is 0.467. The van der Waals surface area contributed by atoms with Crippen molar-refractivity contribution in [1.82, 2.24) is 4.90 Å². The molecule has 0 unspecified atom stereocenters. The molecule has 2 rings (SSSR count). The standard InChI is InChI=1S/C15H19NO3/c1-3-12(11-8-6-5-7-9-11)16-13(10-14(16)17)15(18)19-4-2/h5-9,12-13H,3-4,10H2,1-2H3/t12-,13+/m0/s1. The average Bonchev–Trinajstić information content (AvgIpc) is 2.43. The van der Waals surface area contributed by atoms with Gasteiger partial charge in [0.1, 0.15) is 6.04 Å². The second-order valence-electron chi connectivity index (χ2n) is 4.61. The molecule has 4 heteroatoms. The van der Waals surface area contributed by atoms with Gasteiger partial charge in [0.05, 0.1) is 19.1 Å². The number of rotatable bonds is 5. The van der Waals surface area contributed by atoms with E-state index in [0.29, 0.717) is 6.61 Å². The summed E-state index contributed by atoms with van der Waals surface area (Å²) in [7, 11) is 0. The van der Waals surface area contributed by atoms with E-state index >= 15 is 0 Å². The van der Waals surface area contributed by atoms with E-state index in [9.17, 15) is 9.59 Å². The molecule has 0 bridgehead atoms. The van der Waals surface area contributed by atoms with Crippen molar-refractivity contribution in [2.45, 2.75) is 38.8 Å². The van der Waals surface area contributed by atoms with E-state index in [0.717, 1.165) is 12.0 Å². The molecule has 1 amide bonds. The summed E-state index contributed by atoms with van der Waals surface area (Å²) in [6.07, 6.45) is 1.05. The number of carbonyl (C=O) groups is 2. The van der Waals surface area contributed by atoms with E-state index in [4.69, 9.17) is 4.74 Å². The van der Waals surface area contributed by atoms with E-state index in [1.165, 1.54) is 0 Å². The average molecular weight is 261 g/mol. The summed E-state index contributed by atoms with van der Waals surface area (Å²) < 4.78 is 5.02. The molecule has 0 aromatic heterocycles. The van der Waals surface area contributed by atoms with Crippen molar-refractivity contribution in [1.29, 1.82) is 0 Å². The SMILES string of the molecule is CCOC(=O)[C@H]1CC(=O)N1[C@@H](CC)c1ccccc1. The maximum absolute atomic E-state index is 11.8. The Kier molecular flexibility index (Phi) is 4.20. The Bertz CT molecular complexity index is 458. The third-order valence-electron chi connectivity index (χ3n) is 3.46. The van der Waals surface area contributed by atoms with Crippen molar-refractivity contribution in [2.24, 2.45) is 0 Å². The molecule has 102 valence electrons. The maximum atomic E-state index is 11.8. The van der Waals surface area contributed by atoms with Gasteiger partial charge in [-0.1, -0.05) is 37.3 Å². The van der Waals surface area contributed by atoms with Crippen molar-refractivity contribution in [2.75, 3.05) is 6.61 Å². The molecule has 1 aliphatic rings. The van der Waals surface area contributed by atoms with E-state index < -0.39 is 6.04 Å². The minimum atomic E-state index is -0.419. The van der Waals surface area contributed by atoms with Crippen LogP contribution in [0.2, 0.25) is 0 Å². The first-order valence-corrected chi connectivity index (χ1v) is 6.71. The highest BCUT2D eigenvalue weighted by molar-refractivity contribution is 5.95. The third kappa shape index (κ3) is 2.62. The highest BCUT2D eigenvalue weighted by Crippen LogP contribution is 2.34. The molecule has 1 heterocycles. The molecule has 1 aromatic carbocycles. The van der Waals surface area contributed by atoms with Crippen molar-refractivity contribution < 1.29 is 14.3 Å². The van der Waals surface area contributed by atoms with E-state index in [2.05, 4.69) is 0 Å². The summed E-state index contributed by atoms with van der Waals surface area (Å²) in [6, 6.07) is 9.35. The molecule has 0 radical (unpaired) electrons. The van der Waals surface area contributed by atoms with Gasteiger partial charge in [0.25, 0.3) is 0 Å². The number of carbonyl (C=O) groups excluding carboxylic acids is 2. The molecule has 19 heavy (non-hydrogen) atoms. The molecule has 1 aromatic rings. The van der Waals surface area contributed by atoms with Crippen molar-refractivity contribution in [3.63, 3.8) is 0 Å². The van der Waals surface area contributed by atoms with Gasteiger partial charge >= 0.3 is 5.97 Å². The zero-order valence-electron chi connectivity index (χ0n) is 11.3. The van der Waals surface area contributed by atoms with E-state index in [1.54, 1.807) is 11.8 Å². The van der Waals surface area contributed by atoms with E-state index in [1.807, 2.05) is 37.3 Å². The van der Waals surface area contributed by atoms with Crippen LogP contribution in [-0.4, -0.2) is 29.4 Å². The Morgan fingerprint density at radius 2 is 2.05 bits per heavy atom. The zero-order valence-corrected chi connectivity index (χ0v) is 11.3. The fourth-order valence-corrected chi connectivity index (χ4v) is 2.53. The lowest BCUT2D eigenvalue weighted by Gasteiger charge is -2.44. The van der Waals surface area contributed by atoms with Gasteiger partial charge in [-0.05, 0) is 18.9 Å². The predicted molar refractivity (Wildman–Crippen MR) is 71.4 cm³/mol. The molecule has 0 N–H and O–H groups in total. The number of ether oxygens (including phenoxy) is 1. The quantitative estimate of drug-likeness (QED) is 0.603. The maximum Gasteiger partial charge on any atom is 0.329 e. The summed E-state index contributed by atoms with van der Waals surface area (Å²) in [5, 5.41) is 0. The number of likely N-dealkylation sites (tertiary alicyclic amines) is 1. The number of hydrogen-bond donors (Lipinski definition) is 0. The van der Waals surface area contributed by atoms with Gasteiger partial charge in [0.2, 0.25) is 5.91 Å². The number of nitrogens with zero attached hydrogens (tertiary/aromatic N) is 1. The minimum Gasteiger partial charge on any atom is -0.464 e. The molecular weight excluding hydrogens is 242 g/mol. The van der Waals surface area contributed by atoms with Crippen LogP contribution in [0.4, 0.5) is 0 Å². The highest BCUT2D eigenvalue weighted by Gasteiger charge is 2.45. The van der Waals surface area contributed by atoms with Crippen molar-refractivity contribution in [3.05, 3.63) is 35.9 Å². The highest BCUT2D eigenvalue weighted by atomic mass is 16.5. The first-order valence-electron chi connectivity index (χ1n) is 6.71. The Morgan fingerprint density at radius 1 is 1.37 bits per heavy atom. The van der Waals surface area contributed by atoms with Crippen LogP contribution in [-0.2, 0) is 14.3 Å². The van der Waals surface area contributed by atoms with Crippen LogP contribution in [0.5, 0.6) is 0 Å². The summed E-state index contributed by atoms with van der Waals surface area (Å²) >= 11 is 0. The van der Waals surface area contributed by atoms with Crippen LogP contribution < -0.4 is 0 Å². The molecule has 1 aliphatic heterocycles. The largest absolute Gasteiger partial charge is 0.464 e. The van der Waals surface area contributed by atoms with Crippen molar-refractivity contribution in [3.8, 4) is 0 Å². The lowest BCUT2D eigenvalue weighted by atomic mass is 9.93. The van der Waals surface area contributed by atoms with Crippen LogP contribution in [0.25, 0.3) is 0 Å². The molecule has 0 spiro atoms. The van der Waals surface area contributed by atoms with Crippen molar-refractivity contribution >= 4 is 11.9 Å². The van der Waals surface area contributed by atoms with Crippen LogP contribution in [0.15, 0.2) is 30.3 Å². The zero-order chi connectivity index (χ0) is 13.8. The smallest absolute Gasteiger partial charge is 0.329 e. The third-order valence-corrected chi connectivity index (χ3v) is 3.46. The van der Waals surface area contributed by atoms with Crippen LogP contribution in [0.3, 0.4) is 0 Å². The number of benzene rings is 1.